The van der Waals surface area contributed by atoms with E-state index in [0.717, 1.165) is 38.3 Å². The second-order valence-corrected chi connectivity index (χ2v) is 7.65. The molecule has 4 rings (SSSR count). The number of rotatable bonds is 6. The third-order valence-corrected chi connectivity index (χ3v) is 5.73. The minimum atomic E-state index is -0.281. The van der Waals surface area contributed by atoms with Crippen LogP contribution in [0, 0.1) is 0 Å². The molecule has 2 aromatic rings. The molecule has 1 N–H and O–H groups in total. The molecular weight excluding hydrogens is 366 g/mol. The van der Waals surface area contributed by atoms with Crippen LogP contribution < -0.4 is 19.4 Å². The van der Waals surface area contributed by atoms with Crippen LogP contribution in [0.4, 0.5) is 11.4 Å². The summed E-state index contributed by atoms with van der Waals surface area (Å²) in [5.41, 5.74) is 1.85. The number of piperazine rings is 1. The highest BCUT2D eigenvalue weighted by Gasteiger charge is 2.46. The standard InChI is InChI=1S/C23H27N3O3/c1-2-16-29-20-10-8-19(9-11-20)26-22(27)17-21(23(26)28)25-14-12-24(13-15-25)18-6-4-3-5-7-18/h3-11,21H,2,12-17H2,1H3/p+1/t21-/m0/s1. The van der Waals surface area contributed by atoms with E-state index in [4.69, 9.17) is 4.74 Å². The van der Waals surface area contributed by atoms with Crippen LogP contribution in [-0.2, 0) is 9.59 Å². The molecule has 0 radical (unpaired) electrons. The Labute approximate surface area is 171 Å². The Kier molecular flexibility index (Phi) is 5.81. The number of nitrogens with one attached hydrogen (secondary N) is 1. The van der Waals surface area contributed by atoms with Crippen LogP contribution in [0.3, 0.4) is 0 Å². The molecule has 0 unspecified atom stereocenters. The molecule has 0 saturated carbocycles. The number of hydrogen-bond acceptors (Lipinski definition) is 4. The van der Waals surface area contributed by atoms with Gasteiger partial charge in [-0.1, -0.05) is 25.1 Å². The fourth-order valence-corrected chi connectivity index (χ4v) is 4.17. The maximum atomic E-state index is 13.1. The van der Waals surface area contributed by atoms with Gasteiger partial charge in [0.05, 0.1) is 44.9 Å². The number of nitrogens with zero attached hydrogens (tertiary/aromatic N) is 2. The van der Waals surface area contributed by atoms with E-state index in [1.54, 1.807) is 12.1 Å². The molecule has 1 atom stereocenters. The first kappa shape index (κ1) is 19.5. The number of amides is 2. The summed E-state index contributed by atoms with van der Waals surface area (Å²) < 4.78 is 5.59. The largest absolute Gasteiger partial charge is 0.494 e. The van der Waals surface area contributed by atoms with Crippen molar-refractivity contribution in [2.24, 2.45) is 0 Å². The molecule has 152 valence electrons. The van der Waals surface area contributed by atoms with Crippen molar-refractivity contribution < 1.29 is 19.2 Å². The molecule has 29 heavy (non-hydrogen) atoms. The molecule has 0 aliphatic carbocycles. The van der Waals surface area contributed by atoms with Crippen molar-refractivity contribution in [3.8, 4) is 5.75 Å². The van der Waals surface area contributed by atoms with Crippen LogP contribution in [0.25, 0.3) is 0 Å². The second kappa shape index (κ2) is 8.66. The summed E-state index contributed by atoms with van der Waals surface area (Å²) in [6.07, 6.45) is 1.22. The minimum absolute atomic E-state index is 0.0830. The van der Waals surface area contributed by atoms with Gasteiger partial charge in [0.2, 0.25) is 5.91 Å². The first-order valence-corrected chi connectivity index (χ1v) is 10.4. The van der Waals surface area contributed by atoms with E-state index in [1.165, 1.54) is 15.5 Å². The van der Waals surface area contributed by atoms with Gasteiger partial charge in [-0.05, 0) is 42.8 Å². The molecule has 2 amide bonds. The molecule has 2 aliphatic rings. The number of benzene rings is 2. The van der Waals surface area contributed by atoms with Gasteiger partial charge in [-0.15, -0.1) is 0 Å². The third-order valence-electron chi connectivity index (χ3n) is 5.73. The van der Waals surface area contributed by atoms with E-state index >= 15 is 0 Å². The quantitative estimate of drug-likeness (QED) is 0.755. The zero-order valence-corrected chi connectivity index (χ0v) is 16.8. The van der Waals surface area contributed by atoms with Crippen LogP contribution in [0.5, 0.6) is 5.75 Å². The van der Waals surface area contributed by atoms with Crippen molar-refractivity contribution in [1.29, 1.82) is 0 Å². The highest BCUT2D eigenvalue weighted by Crippen LogP contribution is 2.25. The molecular formula is C23H28N3O3+. The number of ether oxygens (including phenoxy) is 1. The van der Waals surface area contributed by atoms with Gasteiger partial charge in [0, 0.05) is 5.69 Å². The number of para-hydroxylation sites is 1. The summed E-state index contributed by atoms with van der Waals surface area (Å²) in [5.74, 6) is 0.564. The summed E-state index contributed by atoms with van der Waals surface area (Å²) in [6, 6.07) is 17.3. The molecule has 0 bridgehead atoms. The molecule has 0 spiro atoms. The average molecular weight is 394 g/mol. The molecule has 2 fully saturated rings. The van der Waals surface area contributed by atoms with E-state index in [-0.39, 0.29) is 24.3 Å². The number of imide groups is 1. The summed E-state index contributed by atoms with van der Waals surface area (Å²) in [7, 11) is 0. The summed E-state index contributed by atoms with van der Waals surface area (Å²) in [6.45, 7) is 6.20. The topological polar surface area (TPSA) is 54.3 Å². The van der Waals surface area contributed by atoms with Gasteiger partial charge >= 0.3 is 0 Å². The Morgan fingerprint density at radius 3 is 2.31 bits per heavy atom. The van der Waals surface area contributed by atoms with Crippen LogP contribution in [0.2, 0.25) is 0 Å². The smallest absolute Gasteiger partial charge is 0.292 e. The number of anilines is 2. The van der Waals surface area contributed by atoms with Gasteiger partial charge in [-0.25, -0.2) is 4.90 Å². The van der Waals surface area contributed by atoms with E-state index in [2.05, 4.69) is 24.0 Å². The predicted octanol–water partition coefficient (Wildman–Crippen LogP) is 1.51. The minimum Gasteiger partial charge on any atom is -0.494 e. The molecule has 0 aromatic heterocycles. The van der Waals surface area contributed by atoms with Crippen LogP contribution in [0.15, 0.2) is 54.6 Å². The Morgan fingerprint density at radius 2 is 1.66 bits per heavy atom. The Hall–Kier alpha value is -2.86. The van der Waals surface area contributed by atoms with Crippen LogP contribution >= 0.6 is 0 Å². The van der Waals surface area contributed by atoms with Crippen molar-refractivity contribution in [2.75, 3.05) is 42.6 Å². The number of quaternary nitrogens is 1. The Morgan fingerprint density at radius 1 is 0.966 bits per heavy atom. The summed E-state index contributed by atoms with van der Waals surface area (Å²) in [5, 5.41) is 0. The monoisotopic (exact) mass is 394 g/mol. The maximum Gasteiger partial charge on any atom is 0.292 e. The van der Waals surface area contributed by atoms with E-state index in [0.29, 0.717) is 12.3 Å². The van der Waals surface area contributed by atoms with Gasteiger partial charge in [0.1, 0.15) is 5.75 Å². The van der Waals surface area contributed by atoms with Crippen molar-refractivity contribution in [1.82, 2.24) is 0 Å². The number of carbonyl (C=O) groups excluding carboxylic acids is 2. The lowest BCUT2D eigenvalue weighted by Crippen LogP contribution is -3.19. The van der Waals surface area contributed by atoms with Gasteiger partial charge < -0.3 is 14.5 Å². The Balaban J connectivity index is 1.39. The second-order valence-electron chi connectivity index (χ2n) is 7.65. The van der Waals surface area contributed by atoms with Crippen molar-refractivity contribution >= 4 is 23.2 Å². The highest BCUT2D eigenvalue weighted by molar-refractivity contribution is 6.21. The summed E-state index contributed by atoms with van der Waals surface area (Å²) >= 11 is 0. The fraction of sp³-hybridized carbons (Fsp3) is 0.391. The average Bonchev–Trinajstić information content (AvgIpc) is 3.07. The SMILES string of the molecule is CCCOc1ccc(N2C(=O)C[C@H]([NH+]3CCN(c4ccccc4)CC3)C2=O)cc1. The van der Waals surface area contributed by atoms with Crippen molar-refractivity contribution in [2.45, 2.75) is 25.8 Å². The van der Waals surface area contributed by atoms with E-state index in [9.17, 15) is 9.59 Å². The van der Waals surface area contributed by atoms with Crippen LogP contribution in [0.1, 0.15) is 19.8 Å². The molecule has 2 aliphatic heterocycles. The van der Waals surface area contributed by atoms with Gasteiger partial charge in [-0.3, -0.25) is 9.59 Å². The number of hydrogen-bond donors (Lipinski definition) is 1. The van der Waals surface area contributed by atoms with Crippen LogP contribution in [-0.4, -0.2) is 50.6 Å². The fourth-order valence-electron chi connectivity index (χ4n) is 4.17. The number of carbonyl (C=O) groups is 2. The zero-order valence-electron chi connectivity index (χ0n) is 16.8. The Bertz CT molecular complexity index is 845. The predicted molar refractivity (Wildman–Crippen MR) is 112 cm³/mol. The molecule has 2 aromatic carbocycles. The molecule has 2 heterocycles. The first-order chi connectivity index (χ1) is 14.2. The highest BCUT2D eigenvalue weighted by atomic mass is 16.5. The maximum absolute atomic E-state index is 13.1. The summed E-state index contributed by atoms with van der Waals surface area (Å²) in [4.78, 5) is 30.6. The lowest BCUT2D eigenvalue weighted by atomic mass is 10.1. The van der Waals surface area contributed by atoms with Gasteiger partial charge in [0.25, 0.3) is 5.91 Å². The molecule has 6 nitrogen and oxygen atoms in total. The first-order valence-electron chi connectivity index (χ1n) is 10.4. The lowest BCUT2D eigenvalue weighted by molar-refractivity contribution is -0.915. The van der Waals surface area contributed by atoms with E-state index in [1.807, 2.05) is 30.3 Å². The third kappa shape index (κ3) is 4.12. The van der Waals surface area contributed by atoms with E-state index < -0.39 is 0 Å². The van der Waals surface area contributed by atoms with Crippen molar-refractivity contribution in [3.63, 3.8) is 0 Å². The lowest BCUT2D eigenvalue weighted by Gasteiger charge is -2.35. The molecule has 2 saturated heterocycles. The zero-order chi connectivity index (χ0) is 20.2. The van der Waals surface area contributed by atoms with Crippen molar-refractivity contribution in [3.05, 3.63) is 54.6 Å². The van der Waals surface area contributed by atoms with Gasteiger partial charge in [-0.2, -0.15) is 0 Å². The molecule has 6 heteroatoms. The normalized spacial score (nSPS) is 20.4. The van der Waals surface area contributed by atoms with Gasteiger partial charge in [0.15, 0.2) is 6.04 Å².